The van der Waals surface area contributed by atoms with Crippen LogP contribution in [0.25, 0.3) is 0 Å². The van der Waals surface area contributed by atoms with Crippen molar-refractivity contribution in [3.05, 3.63) is 29.3 Å². The summed E-state index contributed by atoms with van der Waals surface area (Å²) >= 11 is 0. The van der Waals surface area contributed by atoms with Crippen LogP contribution in [0.5, 0.6) is 5.75 Å². The van der Waals surface area contributed by atoms with E-state index in [4.69, 9.17) is 4.74 Å². The van der Waals surface area contributed by atoms with Crippen LogP contribution in [-0.4, -0.2) is 24.7 Å². The molecule has 0 aliphatic carbocycles. The second kappa shape index (κ2) is 6.06. The molecule has 0 bridgehead atoms. The van der Waals surface area contributed by atoms with Gasteiger partial charge in [0.05, 0.1) is 13.2 Å². The highest BCUT2D eigenvalue weighted by Gasteiger charge is 2.22. The van der Waals surface area contributed by atoms with Crippen LogP contribution in [0, 0.1) is 12.3 Å². The zero-order valence-corrected chi connectivity index (χ0v) is 12.3. The Labute approximate surface area is 114 Å². The van der Waals surface area contributed by atoms with Gasteiger partial charge >= 0.3 is 0 Å². The van der Waals surface area contributed by atoms with Crippen molar-refractivity contribution in [1.29, 1.82) is 0 Å². The molecule has 0 heterocycles. The first-order chi connectivity index (χ1) is 8.75. The summed E-state index contributed by atoms with van der Waals surface area (Å²) < 4.78 is 5.22. The lowest BCUT2D eigenvalue weighted by Crippen LogP contribution is -2.37. The number of carbonyl (C=O) groups is 1. The number of ether oxygens (including phenoxy) is 1. The highest BCUT2D eigenvalue weighted by atomic mass is 16.5. The second-order valence-corrected chi connectivity index (χ2v) is 5.72. The Morgan fingerprint density at radius 3 is 2.58 bits per heavy atom. The van der Waals surface area contributed by atoms with Crippen LogP contribution in [-0.2, 0) is 4.79 Å². The van der Waals surface area contributed by atoms with Gasteiger partial charge in [-0.1, -0.05) is 32.4 Å². The van der Waals surface area contributed by atoms with Gasteiger partial charge in [-0.3, -0.25) is 4.79 Å². The third kappa shape index (κ3) is 4.24. The van der Waals surface area contributed by atoms with Crippen molar-refractivity contribution in [2.24, 2.45) is 5.41 Å². The molecule has 1 amide bonds. The average Bonchev–Trinajstić information content (AvgIpc) is 2.34. The molecular weight excluding hydrogens is 242 g/mol. The van der Waals surface area contributed by atoms with Crippen LogP contribution < -0.4 is 10.1 Å². The first kappa shape index (κ1) is 15.5. The molecule has 0 aliphatic heterocycles. The summed E-state index contributed by atoms with van der Waals surface area (Å²) in [6.45, 7) is 7.63. The van der Waals surface area contributed by atoms with Crippen LogP contribution in [0.4, 0.5) is 0 Å². The molecule has 1 aromatic rings. The Morgan fingerprint density at radius 1 is 1.42 bits per heavy atom. The number of methoxy groups -OCH3 is 1. The highest BCUT2D eigenvalue weighted by Crippen LogP contribution is 2.26. The number of hydrogen-bond acceptors (Lipinski definition) is 3. The molecule has 0 fully saturated rings. The Balaban J connectivity index is 2.76. The highest BCUT2D eigenvalue weighted by molar-refractivity contribution is 5.81. The summed E-state index contributed by atoms with van der Waals surface area (Å²) in [6.07, 6.45) is -0.777. The SMILES string of the molecule is COc1ccc(C)cc1C(O)CNC(=O)C(C)(C)C. The summed E-state index contributed by atoms with van der Waals surface area (Å²) in [7, 11) is 1.56. The van der Waals surface area contributed by atoms with Gasteiger partial charge in [-0.15, -0.1) is 0 Å². The first-order valence-electron chi connectivity index (χ1n) is 6.36. The Morgan fingerprint density at radius 2 is 2.05 bits per heavy atom. The van der Waals surface area contributed by atoms with Gasteiger partial charge in [0.2, 0.25) is 5.91 Å². The van der Waals surface area contributed by atoms with E-state index in [0.717, 1.165) is 5.56 Å². The summed E-state index contributed by atoms with van der Waals surface area (Å²) in [5, 5.41) is 12.9. The van der Waals surface area contributed by atoms with Gasteiger partial charge in [-0.25, -0.2) is 0 Å². The van der Waals surface area contributed by atoms with Gasteiger partial charge < -0.3 is 15.2 Å². The van der Waals surface area contributed by atoms with Crippen molar-refractivity contribution in [1.82, 2.24) is 5.32 Å². The quantitative estimate of drug-likeness (QED) is 0.877. The predicted octanol–water partition coefficient (Wildman–Crippen LogP) is 2.20. The van der Waals surface area contributed by atoms with Gasteiger partial charge in [0.25, 0.3) is 0 Å². The fourth-order valence-electron chi connectivity index (χ4n) is 1.68. The van der Waals surface area contributed by atoms with E-state index in [-0.39, 0.29) is 12.5 Å². The smallest absolute Gasteiger partial charge is 0.225 e. The largest absolute Gasteiger partial charge is 0.496 e. The number of carbonyl (C=O) groups excluding carboxylic acids is 1. The van der Waals surface area contributed by atoms with Crippen molar-refractivity contribution >= 4 is 5.91 Å². The number of hydrogen-bond donors (Lipinski definition) is 2. The molecule has 0 spiro atoms. The lowest BCUT2D eigenvalue weighted by atomic mass is 9.95. The van der Waals surface area contributed by atoms with Gasteiger partial charge in [-0.2, -0.15) is 0 Å². The van der Waals surface area contributed by atoms with E-state index in [0.29, 0.717) is 11.3 Å². The summed E-state index contributed by atoms with van der Waals surface area (Å²) in [6, 6.07) is 5.61. The Hall–Kier alpha value is -1.55. The van der Waals surface area contributed by atoms with Crippen LogP contribution in [0.2, 0.25) is 0 Å². The fourth-order valence-corrected chi connectivity index (χ4v) is 1.68. The summed E-state index contributed by atoms with van der Waals surface area (Å²) in [4.78, 5) is 11.8. The molecule has 1 rings (SSSR count). The van der Waals surface area contributed by atoms with Crippen LogP contribution in [0.15, 0.2) is 18.2 Å². The number of rotatable bonds is 4. The molecule has 0 saturated carbocycles. The minimum Gasteiger partial charge on any atom is -0.496 e. The number of aryl methyl sites for hydroxylation is 1. The van der Waals surface area contributed by atoms with Crippen molar-refractivity contribution in [3.63, 3.8) is 0 Å². The van der Waals surface area contributed by atoms with Crippen LogP contribution in [0.1, 0.15) is 38.0 Å². The fraction of sp³-hybridized carbons (Fsp3) is 0.533. The third-order valence-corrected chi connectivity index (χ3v) is 2.88. The normalized spacial score (nSPS) is 12.9. The first-order valence-corrected chi connectivity index (χ1v) is 6.36. The van der Waals surface area contributed by atoms with E-state index in [1.165, 1.54) is 0 Å². The van der Waals surface area contributed by atoms with E-state index in [9.17, 15) is 9.90 Å². The molecule has 0 aromatic heterocycles. The van der Waals surface area contributed by atoms with E-state index in [1.807, 2.05) is 45.9 Å². The summed E-state index contributed by atoms with van der Waals surface area (Å²) in [5.41, 5.74) is 1.27. The topological polar surface area (TPSA) is 58.6 Å². The molecule has 1 aromatic carbocycles. The maximum absolute atomic E-state index is 11.8. The minimum absolute atomic E-state index is 0.0850. The van der Waals surface area contributed by atoms with E-state index in [1.54, 1.807) is 7.11 Å². The molecule has 1 unspecified atom stereocenters. The van der Waals surface area contributed by atoms with Crippen molar-refractivity contribution in [2.45, 2.75) is 33.8 Å². The van der Waals surface area contributed by atoms with E-state index < -0.39 is 11.5 Å². The van der Waals surface area contributed by atoms with Crippen molar-refractivity contribution in [3.8, 4) is 5.75 Å². The van der Waals surface area contributed by atoms with Crippen LogP contribution in [0.3, 0.4) is 0 Å². The van der Waals surface area contributed by atoms with Gasteiger partial charge in [0, 0.05) is 17.5 Å². The molecule has 0 radical (unpaired) electrons. The number of amides is 1. The van der Waals surface area contributed by atoms with Gasteiger partial charge in [0.1, 0.15) is 5.75 Å². The zero-order chi connectivity index (χ0) is 14.6. The van der Waals surface area contributed by atoms with Gasteiger partial charge in [-0.05, 0) is 19.1 Å². The molecular formula is C15H23NO3. The lowest BCUT2D eigenvalue weighted by Gasteiger charge is -2.20. The maximum atomic E-state index is 11.8. The van der Waals surface area contributed by atoms with Crippen LogP contribution >= 0.6 is 0 Å². The molecule has 106 valence electrons. The Bertz CT molecular complexity index is 449. The van der Waals surface area contributed by atoms with Crippen molar-refractivity contribution < 1.29 is 14.6 Å². The van der Waals surface area contributed by atoms with E-state index >= 15 is 0 Å². The molecule has 2 N–H and O–H groups in total. The third-order valence-electron chi connectivity index (χ3n) is 2.88. The van der Waals surface area contributed by atoms with Crippen molar-refractivity contribution in [2.75, 3.05) is 13.7 Å². The average molecular weight is 265 g/mol. The van der Waals surface area contributed by atoms with Gasteiger partial charge in [0.15, 0.2) is 0 Å². The lowest BCUT2D eigenvalue weighted by molar-refractivity contribution is -0.129. The molecule has 4 heteroatoms. The molecule has 4 nitrogen and oxygen atoms in total. The minimum atomic E-state index is -0.777. The zero-order valence-electron chi connectivity index (χ0n) is 12.3. The Kier molecular flexibility index (Phi) is 4.95. The molecule has 19 heavy (non-hydrogen) atoms. The number of aliphatic hydroxyl groups is 1. The van der Waals surface area contributed by atoms with E-state index in [2.05, 4.69) is 5.32 Å². The monoisotopic (exact) mass is 265 g/mol. The predicted molar refractivity (Wildman–Crippen MR) is 75.2 cm³/mol. The molecule has 0 saturated heterocycles. The number of nitrogens with one attached hydrogen (secondary N) is 1. The maximum Gasteiger partial charge on any atom is 0.225 e. The molecule has 0 aliphatic rings. The number of benzene rings is 1. The standard InChI is InChI=1S/C15H23NO3/c1-10-6-7-13(19-5)11(8-10)12(17)9-16-14(18)15(2,3)4/h6-8,12,17H,9H2,1-5H3,(H,16,18). The molecule has 1 atom stereocenters. The summed E-state index contributed by atoms with van der Waals surface area (Å²) in [5.74, 6) is 0.543. The second-order valence-electron chi connectivity index (χ2n) is 5.72. The number of aliphatic hydroxyl groups excluding tert-OH is 1.